The fourth-order valence-corrected chi connectivity index (χ4v) is 5.67. The molecule has 1 fully saturated rings. The van der Waals surface area contributed by atoms with Crippen LogP contribution < -0.4 is 5.32 Å². The molecule has 6 rings (SSSR count). The molecule has 1 N–H and O–H groups in total. The van der Waals surface area contributed by atoms with Crippen molar-refractivity contribution in [3.63, 3.8) is 0 Å². The number of hydrogen-bond acceptors (Lipinski definition) is 4. The molecule has 36 heavy (non-hydrogen) atoms. The van der Waals surface area contributed by atoms with Crippen LogP contribution in [0.15, 0.2) is 79.0 Å². The van der Waals surface area contributed by atoms with Gasteiger partial charge in [-0.1, -0.05) is 66.6 Å². The smallest absolute Gasteiger partial charge is 0.227 e. The number of hydrogen-bond donors (Lipinski definition) is 1. The molecule has 0 radical (unpaired) electrons. The lowest BCUT2D eigenvalue weighted by Crippen LogP contribution is -2.31. The highest BCUT2D eigenvalue weighted by Crippen LogP contribution is 2.42. The quantitative estimate of drug-likeness (QED) is 0.306. The van der Waals surface area contributed by atoms with E-state index in [1.807, 2.05) is 18.3 Å². The summed E-state index contributed by atoms with van der Waals surface area (Å²) in [6.45, 7) is 3.65. The number of nitrogens with one attached hydrogen (secondary N) is 1. The van der Waals surface area contributed by atoms with Crippen molar-refractivity contribution in [2.75, 3.05) is 25.0 Å². The molecule has 0 spiro atoms. The summed E-state index contributed by atoms with van der Waals surface area (Å²) in [4.78, 5) is 12.2. The SMILES string of the molecule is Clc1ccc(C2Cc3cnc(Nc4ccc(CCN5CCCCC5)cc4)nc3-c3ccccc32)cc1. The third-order valence-electron chi connectivity index (χ3n) is 7.53. The number of anilines is 2. The van der Waals surface area contributed by atoms with E-state index in [0.29, 0.717) is 5.95 Å². The third kappa shape index (κ3) is 5.02. The van der Waals surface area contributed by atoms with Crippen LogP contribution >= 0.6 is 11.6 Å². The standard InChI is InChI=1S/C31H31ClN4/c32-25-12-10-23(11-13-25)29-20-24-21-33-31(35-30(24)28-7-3-2-6-27(28)29)34-26-14-8-22(9-15-26)16-19-36-17-4-1-5-18-36/h2-3,6-15,21,29H,1,4-5,16-20H2,(H,33,34,35). The van der Waals surface area contributed by atoms with Crippen molar-refractivity contribution in [1.82, 2.24) is 14.9 Å². The molecule has 0 saturated carbocycles. The van der Waals surface area contributed by atoms with Gasteiger partial charge in [-0.3, -0.25) is 0 Å². The molecule has 1 atom stereocenters. The number of benzene rings is 3. The maximum absolute atomic E-state index is 6.14. The van der Waals surface area contributed by atoms with Gasteiger partial charge in [0.05, 0.1) is 5.69 Å². The average molecular weight is 495 g/mol. The molecule has 0 amide bonds. The van der Waals surface area contributed by atoms with Crippen LogP contribution in [0.1, 0.15) is 47.4 Å². The minimum Gasteiger partial charge on any atom is -0.324 e. The Morgan fingerprint density at radius 1 is 0.889 bits per heavy atom. The summed E-state index contributed by atoms with van der Waals surface area (Å²) in [5.41, 5.74) is 8.32. The third-order valence-corrected chi connectivity index (χ3v) is 7.78. The Hall–Kier alpha value is -3.21. The number of fused-ring (bicyclic) bond motifs is 3. The molecule has 2 heterocycles. The van der Waals surface area contributed by atoms with Gasteiger partial charge < -0.3 is 10.2 Å². The van der Waals surface area contributed by atoms with Crippen LogP contribution in [0.25, 0.3) is 11.3 Å². The van der Waals surface area contributed by atoms with Crippen LogP contribution in [-0.4, -0.2) is 34.5 Å². The molecule has 1 aromatic heterocycles. The predicted octanol–water partition coefficient (Wildman–Crippen LogP) is 7.26. The maximum atomic E-state index is 6.14. The van der Waals surface area contributed by atoms with Crippen molar-refractivity contribution in [3.05, 3.63) is 106 Å². The molecule has 3 aromatic carbocycles. The van der Waals surface area contributed by atoms with Gasteiger partial charge in [0, 0.05) is 34.9 Å². The van der Waals surface area contributed by atoms with Crippen molar-refractivity contribution in [2.45, 2.75) is 38.0 Å². The molecule has 1 aliphatic carbocycles. The zero-order chi connectivity index (χ0) is 24.3. The van der Waals surface area contributed by atoms with E-state index >= 15 is 0 Å². The first-order chi connectivity index (χ1) is 17.7. The van der Waals surface area contributed by atoms with Crippen molar-refractivity contribution in [1.29, 1.82) is 0 Å². The van der Waals surface area contributed by atoms with E-state index < -0.39 is 0 Å². The normalized spacial score (nSPS) is 17.3. The van der Waals surface area contributed by atoms with Crippen LogP contribution in [0.3, 0.4) is 0 Å². The molecule has 0 bridgehead atoms. The lowest BCUT2D eigenvalue weighted by molar-refractivity contribution is 0.231. The molecule has 1 unspecified atom stereocenters. The second-order valence-corrected chi connectivity index (χ2v) is 10.4. The highest BCUT2D eigenvalue weighted by atomic mass is 35.5. The summed E-state index contributed by atoms with van der Waals surface area (Å²) in [5.74, 6) is 0.903. The number of rotatable bonds is 6. The second-order valence-electron chi connectivity index (χ2n) is 9.94. The highest BCUT2D eigenvalue weighted by molar-refractivity contribution is 6.30. The van der Waals surface area contributed by atoms with Crippen molar-refractivity contribution >= 4 is 23.2 Å². The van der Waals surface area contributed by atoms with E-state index in [0.717, 1.165) is 35.8 Å². The summed E-state index contributed by atoms with van der Waals surface area (Å²) in [7, 11) is 0. The minimum absolute atomic E-state index is 0.269. The van der Waals surface area contributed by atoms with Crippen LogP contribution in [0.4, 0.5) is 11.6 Å². The lowest BCUT2D eigenvalue weighted by Gasteiger charge is -2.27. The second kappa shape index (κ2) is 10.4. The summed E-state index contributed by atoms with van der Waals surface area (Å²) in [5, 5.41) is 4.18. The first-order valence-corrected chi connectivity index (χ1v) is 13.4. The fraction of sp³-hybridized carbons (Fsp3) is 0.290. The van der Waals surface area contributed by atoms with E-state index in [1.54, 1.807) is 0 Å². The zero-order valence-corrected chi connectivity index (χ0v) is 21.2. The molecule has 2 aliphatic rings. The number of piperidine rings is 1. The number of nitrogens with zero attached hydrogens (tertiary/aromatic N) is 3. The molecular weight excluding hydrogens is 464 g/mol. The first kappa shape index (κ1) is 23.2. The van der Waals surface area contributed by atoms with Crippen molar-refractivity contribution < 1.29 is 0 Å². The van der Waals surface area contributed by atoms with E-state index in [2.05, 4.69) is 75.9 Å². The van der Waals surface area contributed by atoms with Crippen LogP contribution in [0.2, 0.25) is 5.02 Å². The fourth-order valence-electron chi connectivity index (χ4n) is 5.54. The molecule has 1 aliphatic heterocycles. The average Bonchev–Trinajstić information content (AvgIpc) is 2.93. The van der Waals surface area contributed by atoms with E-state index in [4.69, 9.17) is 16.6 Å². The molecule has 4 aromatic rings. The Kier molecular flexibility index (Phi) is 6.71. The van der Waals surface area contributed by atoms with E-state index in [1.165, 1.54) is 60.2 Å². The van der Waals surface area contributed by atoms with Crippen molar-refractivity contribution in [3.8, 4) is 11.3 Å². The molecule has 4 nitrogen and oxygen atoms in total. The largest absolute Gasteiger partial charge is 0.324 e. The maximum Gasteiger partial charge on any atom is 0.227 e. The summed E-state index contributed by atoms with van der Waals surface area (Å²) in [6.07, 6.45) is 8.03. The van der Waals surface area contributed by atoms with Gasteiger partial charge in [-0.2, -0.15) is 0 Å². The van der Waals surface area contributed by atoms with Gasteiger partial charge in [-0.25, -0.2) is 9.97 Å². The lowest BCUT2D eigenvalue weighted by atomic mass is 9.78. The Morgan fingerprint density at radius 2 is 1.67 bits per heavy atom. The Morgan fingerprint density at radius 3 is 2.47 bits per heavy atom. The highest BCUT2D eigenvalue weighted by Gasteiger charge is 2.27. The Balaban J connectivity index is 1.19. The van der Waals surface area contributed by atoms with Gasteiger partial charge in [-0.15, -0.1) is 0 Å². The van der Waals surface area contributed by atoms with Gasteiger partial charge in [-0.05, 0) is 85.3 Å². The minimum atomic E-state index is 0.269. The van der Waals surface area contributed by atoms with Gasteiger partial charge in [0.15, 0.2) is 0 Å². The number of likely N-dealkylation sites (tertiary alicyclic amines) is 1. The topological polar surface area (TPSA) is 41.1 Å². The Labute approximate surface area is 218 Å². The summed E-state index contributed by atoms with van der Waals surface area (Å²) < 4.78 is 0. The van der Waals surface area contributed by atoms with Gasteiger partial charge >= 0.3 is 0 Å². The predicted molar refractivity (Wildman–Crippen MR) is 148 cm³/mol. The number of halogens is 1. The Bertz CT molecular complexity index is 1330. The molecular formula is C31H31ClN4. The zero-order valence-electron chi connectivity index (χ0n) is 20.5. The van der Waals surface area contributed by atoms with Crippen LogP contribution in [-0.2, 0) is 12.8 Å². The summed E-state index contributed by atoms with van der Waals surface area (Å²) >= 11 is 6.14. The van der Waals surface area contributed by atoms with Gasteiger partial charge in [0.2, 0.25) is 5.95 Å². The van der Waals surface area contributed by atoms with Gasteiger partial charge in [0.1, 0.15) is 0 Å². The van der Waals surface area contributed by atoms with E-state index in [9.17, 15) is 0 Å². The van der Waals surface area contributed by atoms with Gasteiger partial charge in [0.25, 0.3) is 0 Å². The van der Waals surface area contributed by atoms with E-state index in [-0.39, 0.29) is 5.92 Å². The van der Waals surface area contributed by atoms with Crippen molar-refractivity contribution in [2.24, 2.45) is 0 Å². The monoisotopic (exact) mass is 494 g/mol. The molecule has 5 heteroatoms. The summed E-state index contributed by atoms with van der Waals surface area (Å²) in [6, 6.07) is 25.5. The molecule has 1 saturated heterocycles. The number of aromatic nitrogens is 2. The van der Waals surface area contributed by atoms with Crippen LogP contribution in [0.5, 0.6) is 0 Å². The van der Waals surface area contributed by atoms with Crippen LogP contribution in [0, 0.1) is 0 Å². The molecule has 182 valence electrons. The first-order valence-electron chi connectivity index (χ1n) is 13.0.